The first-order valence-electron chi connectivity index (χ1n) is 5.60. The van der Waals surface area contributed by atoms with Gasteiger partial charge in [-0.25, -0.2) is 4.79 Å². The molecule has 5 nitrogen and oxygen atoms in total. The fourth-order valence-electron chi connectivity index (χ4n) is 1.56. The van der Waals surface area contributed by atoms with E-state index in [9.17, 15) is 9.59 Å². The summed E-state index contributed by atoms with van der Waals surface area (Å²) in [6.07, 6.45) is 4.90. The molecule has 100 valence electrons. The summed E-state index contributed by atoms with van der Waals surface area (Å²) in [4.78, 5) is 22.4. The molecule has 1 unspecified atom stereocenters. The summed E-state index contributed by atoms with van der Waals surface area (Å²) in [5.74, 6) is -0.0963. The van der Waals surface area contributed by atoms with E-state index in [1.165, 1.54) is 6.08 Å². The predicted molar refractivity (Wildman–Crippen MR) is 70.5 cm³/mol. The standard InChI is InChI=1S/C12H16BrNO4/c1-3-18-11(16)14-7-6-12(17-2)5-4-10(15)9(13)8-12/h4-5,8H,3,6-7H2,1-2H3,(H,14,16). The first-order chi connectivity index (χ1) is 8.53. The number of alkyl carbamates (subject to hydrolysis) is 1. The van der Waals surface area contributed by atoms with E-state index in [-0.39, 0.29) is 5.78 Å². The highest BCUT2D eigenvalue weighted by atomic mass is 79.9. The number of ketones is 1. The number of halogens is 1. The molecule has 1 amide bonds. The molecule has 0 saturated carbocycles. The first-order valence-corrected chi connectivity index (χ1v) is 6.40. The van der Waals surface area contributed by atoms with Crippen LogP contribution in [0.3, 0.4) is 0 Å². The Kier molecular flexibility index (Phi) is 5.55. The van der Waals surface area contributed by atoms with Gasteiger partial charge in [-0.1, -0.05) is 0 Å². The molecule has 0 aliphatic heterocycles. The molecule has 1 aliphatic carbocycles. The second-order valence-electron chi connectivity index (χ2n) is 3.75. The quantitative estimate of drug-likeness (QED) is 0.841. The van der Waals surface area contributed by atoms with Crippen LogP contribution in [0, 0.1) is 0 Å². The Balaban J connectivity index is 2.55. The zero-order valence-electron chi connectivity index (χ0n) is 10.4. The van der Waals surface area contributed by atoms with Gasteiger partial charge in [0.1, 0.15) is 5.60 Å². The predicted octanol–water partition coefficient (Wildman–Crippen LogP) is 1.93. The van der Waals surface area contributed by atoms with Gasteiger partial charge in [0.25, 0.3) is 0 Å². The Morgan fingerprint density at radius 2 is 2.28 bits per heavy atom. The Morgan fingerprint density at radius 3 is 2.83 bits per heavy atom. The Labute approximate surface area is 114 Å². The molecule has 0 heterocycles. The van der Waals surface area contributed by atoms with Gasteiger partial charge in [0, 0.05) is 20.1 Å². The molecule has 0 aromatic rings. The third-order valence-corrected chi connectivity index (χ3v) is 3.18. The fourth-order valence-corrected chi connectivity index (χ4v) is 2.08. The van der Waals surface area contributed by atoms with E-state index in [1.807, 2.05) is 0 Å². The van der Waals surface area contributed by atoms with E-state index in [0.29, 0.717) is 24.1 Å². The van der Waals surface area contributed by atoms with Crippen molar-refractivity contribution >= 4 is 27.8 Å². The second-order valence-corrected chi connectivity index (χ2v) is 4.60. The number of hydrogen-bond donors (Lipinski definition) is 1. The van der Waals surface area contributed by atoms with Crippen molar-refractivity contribution in [1.29, 1.82) is 0 Å². The van der Waals surface area contributed by atoms with Crippen molar-refractivity contribution in [2.45, 2.75) is 18.9 Å². The van der Waals surface area contributed by atoms with Gasteiger partial charge >= 0.3 is 6.09 Å². The largest absolute Gasteiger partial charge is 0.450 e. The van der Waals surface area contributed by atoms with Gasteiger partial charge in [0.05, 0.1) is 11.1 Å². The van der Waals surface area contributed by atoms with E-state index in [4.69, 9.17) is 9.47 Å². The molecule has 1 N–H and O–H groups in total. The van der Waals surface area contributed by atoms with Crippen LogP contribution in [0.15, 0.2) is 22.7 Å². The molecule has 6 heteroatoms. The molecule has 1 rings (SSSR count). The van der Waals surface area contributed by atoms with Gasteiger partial charge < -0.3 is 14.8 Å². The molecular weight excluding hydrogens is 302 g/mol. The van der Waals surface area contributed by atoms with Crippen LogP contribution in [0.2, 0.25) is 0 Å². The number of amides is 1. The van der Waals surface area contributed by atoms with E-state index >= 15 is 0 Å². The van der Waals surface area contributed by atoms with Crippen molar-refractivity contribution in [2.24, 2.45) is 0 Å². The van der Waals surface area contributed by atoms with Crippen molar-refractivity contribution in [2.75, 3.05) is 20.3 Å². The molecule has 18 heavy (non-hydrogen) atoms. The number of rotatable bonds is 5. The third-order valence-electron chi connectivity index (χ3n) is 2.56. The molecule has 0 bridgehead atoms. The second kappa shape index (κ2) is 6.70. The SMILES string of the molecule is CCOC(=O)NCCC1(OC)C=CC(=O)C(Br)=C1. The van der Waals surface area contributed by atoms with Gasteiger partial charge in [-0.2, -0.15) is 0 Å². The number of ether oxygens (including phenoxy) is 2. The molecule has 0 saturated heterocycles. The maximum atomic E-state index is 11.3. The summed E-state index contributed by atoms with van der Waals surface area (Å²) in [7, 11) is 1.56. The van der Waals surface area contributed by atoms with Crippen LogP contribution in [-0.4, -0.2) is 37.7 Å². The van der Waals surface area contributed by atoms with E-state index in [0.717, 1.165) is 0 Å². The molecule has 1 atom stereocenters. The highest BCUT2D eigenvalue weighted by Crippen LogP contribution is 2.27. The number of methoxy groups -OCH3 is 1. The zero-order chi connectivity index (χ0) is 13.6. The van der Waals surface area contributed by atoms with Gasteiger partial charge in [-0.15, -0.1) is 0 Å². The zero-order valence-corrected chi connectivity index (χ0v) is 12.0. The fraction of sp³-hybridized carbons (Fsp3) is 0.500. The summed E-state index contributed by atoms with van der Waals surface area (Å²) in [5, 5.41) is 2.61. The molecule has 0 fully saturated rings. The van der Waals surface area contributed by atoms with E-state index < -0.39 is 11.7 Å². The lowest BCUT2D eigenvalue weighted by Crippen LogP contribution is -2.35. The maximum absolute atomic E-state index is 11.3. The minimum atomic E-state index is -0.674. The highest BCUT2D eigenvalue weighted by Gasteiger charge is 2.29. The Hall–Kier alpha value is -1.14. The van der Waals surface area contributed by atoms with Crippen LogP contribution >= 0.6 is 15.9 Å². The minimum Gasteiger partial charge on any atom is -0.450 e. The normalized spacial score (nSPS) is 22.6. The molecule has 1 aliphatic rings. The summed E-state index contributed by atoms with van der Waals surface area (Å²) in [6.45, 7) is 2.47. The third kappa shape index (κ3) is 3.96. The monoisotopic (exact) mass is 317 g/mol. The van der Waals surface area contributed by atoms with Crippen molar-refractivity contribution in [3.63, 3.8) is 0 Å². The lowest BCUT2D eigenvalue weighted by atomic mass is 9.93. The lowest BCUT2D eigenvalue weighted by Gasteiger charge is -2.28. The number of hydrogen-bond acceptors (Lipinski definition) is 4. The average Bonchev–Trinajstić information content (AvgIpc) is 2.34. The van der Waals surface area contributed by atoms with Crippen molar-refractivity contribution in [1.82, 2.24) is 5.32 Å². The van der Waals surface area contributed by atoms with Gasteiger partial charge in [-0.3, -0.25) is 4.79 Å². The van der Waals surface area contributed by atoms with Crippen molar-refractivity contribution < 1.29 is 19.1 Å². The number of allylic oxidation sites excluding steroid dienone is 2. The maximum Gasteiger partial charge on any atom is 0.407 e. The van der Waals surface area contributed by atoms with Crippen LogP contribution in [-0.2, 0) is 14.3 Å². The number of carbonyl (C=O) groups is 2. The first kappa shape index (κ1) is 14.9. The summed E-state index contributed by atoms with van der Waals surface area (Å²) < 4.78 is 10.6. The van der Waals surface area contributed by atoms with Crippen molar-refractivity contribution in [3.8, 4) is 0 Å². The molecule has 0 radical (unpaired) electrons. The van der Waals surface area contributed by atoms with Crippen molar-refractivity contribution in [3.05, 3.63) is 22.7 Å². The summed E-state index contributed by atoms with van der Waals surface area (Å²) >= 11 is 3.18. The van der Waals surface area contributed by atoms with Gasteiger partial charge in [0.15, 0.2) is 5.78 Å². The van der Waals surface area contributed by atoms with Crippen LogP contribution in [0.25, 0.3) is 0 Å². The Morgan fingerprint density at radius 1 is 1.56 bits per heavy atom. The number of nitrogens with one attached hydrogen (secondary N) is 1. The Bertz CT molecular complexity index is 392. The smallest absolute Gasteiger partial charge is 0.407 e. The summed E-state index contributed by atoms with van der Waals surface area (Å²) in [5.41, 5.74) is -0.674. The molecule has 0 aromatic carbocycles. The van der Waals surface area contributed by atoms with E-state index in [2.05, 4.69) is 21.2 Å². The molecular formula is C12H16BrNO4. The van der Waals surface area contributed by atoms with Crippen LogP contribution in [0.5, 0.6) is 0 Å². The molecule has 0 spiro atoms. The topological polar surface area (TPSA) is 64.6 Å². The number of carbonyl (C=O) groups excluding carboxylic acids is 2. The highest BCUT2D eigenvalue weighted by molar-refractivity contribution is 9.12. The van der Waals surface area contributed by atoms with Crippen LogP contribution < -0.4 is 5.32 Å². The van der Waals surface area contributed by atoms with E-state index in [1.54, 1.807) is 26.2 Å². The summed E-state index contributed by atoms with van der Waals surface area (Å²) in [6, 6.07) is 0. The van der Waals surface area contributed by atoms with Crippen LogP contribution in [0.4, 0.5) is 4.79 Å². The minimum absolute atomic E-state index is 0.0963. The van der Waals surface area contributed by atoms with Gasteiger partial charge in [0.2, 0.25) is 0 Å². The van der Waals surface area contributed by atoms with Gasteiger partial charge in [-0.05, 0) is 41.1 Å². The molecule has 0 aromatic heterocycles. The lowest BCUT2D eigenvalue weighted by molar-refractivity contribution is -0.111. The average molecular weight is 318 g/mol. The van der Waals surface area contributed by atoms with Crippen LogP contribution in [0.1, 0.15) is 13.3 Å².